The molecular weight excluding hydrogens is 891 g/mol. The summed E-state index contributed by atoms with van der Waals surface area (Å²) in [5.41, 5.74) is -2.45. The Labute approximate surface area is 360 Å². The lowest BCUT2D eigenvalue weighted by atomic mass is 9.59. The number of aryl methyl sites for hydroxylation is 2. The molecule has 334 valence electrons. The van der Waals surface area contributed by atoms with E-state index in [-0.39, 0.29) is 69.2 Å². The number of phosphoric ester groups is 2. The number of amides is 2. The van der Waals surface area contributed by atoms with Crippen molar-refractivity contribution in [2.45, 2.75) is 102 Å². The topological polar surface area (TPSA) is 236 Å². The van der Waals surface area contributed by atoms with Gasteiger partial charge in [-0.2, -0.15) is 0 Å². The van der Waals surface area contributed by atoms with Crippen molar-refractivity contribution < 1.29 is 75.1 Å². The first-order chi connectivity index (χ1) is 28.3. The van der Waals surface area contributed by atoms with Crippen LogP contribution in [-0.2, 0) is 44.8 Å². The summed E-state index contributed by atoms with van der Waals surface area (Å²) in [4.78, 5) is 78.3. The first-order valence-corrected chi connectivity index (χ1v) is 22.7. The predicted octanol–water partition coefficient (Wildman–Crippen LogP) is 6.78. The molecule has 6 rings (SSSR count). The number of benzene rings is 3. The molecule has 6 N–H and O–H groups in total. The lowest BCUT2D eigenvalue weighted by molar-refractivity contribution is -0.180. The molecule has 22 heteroatoms. The lowest BCUT2D eigenvalue weighted by Gasteiger charge is -2.57. The SMILES string of the molecule is Cc1cc(OP(=O)(O)O)c(C(C)(C)CC(=O)OCO[C@H]2CC3(NC(=O)COc4ccc(Cl)c(F)c4)CCC2(NC(=O)CCc2ccc(Cl)c(F)c2)CC3)c(C)c1OP(=O)(O)O. The van der Waals surface area contributed by atoms with Gasteiger partial charge in [0.1, 0.15) is 28.9 Å². The van der Waals surface area contributed by atoms with Crippen LogP contribution in [0.15, 0.2) is 42.5 Å². The van der Waals surface area contributed by atoms with Gasteiger partial charge in [0.25, 0.3) is 5.91 Å². The molecule has 61 heavy (non-hydrogen) atoms. The maximum Gasteiger partial charge on any atom is 0.524 e. The molecular formula is C39H46Cl2F2N2O14P2. The van der Waals surface area contributed by atoms with Gasteiger partial charge in [0.2, 0.25) is 5.91 Å². The van der Waals surface area contributed by atoms with Gasteiger partial charge >= 0.3 is 21.6 Å². The van der Waals surface area contributed by atoms with Crippen LogP contribution < -0.4 is 24.4 Å². The van der Waals surface area contributed by atoms with Gasteiger partial charge in [-0.3, -0.25) is 34.0 Å². The van der Waals surface area contributed by atoms with E-state index in [2.05, 4.69) is 10.6 Å². The average molecular weight is 938 g/mol. The lowest BCUT2D eigenvalue weighted by Crippen LogP contribution is -2.71. The molecule has 0 heterocycles. The monoisotopic (exact) mass is 936 g/mol. The van der Waals surface area contributed by atoms with Crippen molar-refractivity contribution in [1.82, 2.24) is 10.6 Å². The summed E-state index contributed by atoms with van der Waals surface area (Å²) in [6.07, 6.45) is 0.652. The molecule has 0 aliphatic heterocycles. The maximum absolute atomic E-state index is 14.1. The van der Waals surface area contributed by atoms with Crippen LogP contribution in [0.3, 0.4) is 0 Å². The third-order valence-corrected chi connectivity index (χ3v) is 12.3. The van der Waals surface area contributed by atoms with Crippen LogP contribution in [0.5, 0.6) is 17.2 Å². The third-order valence-electron chi connectivity index (χ3n) is 10.8. The second-order valence-electron chi connectivity index (χ2n) is 15.9. The van der Waals surface area contributed by atoms with Crippen molar-refractivity contribution in [1.29, 1.82) is 0 Å². The van der Waals surface area contributed by atoms with E-state index < -0.39 is 81.6 Å². The largest absolute Gasteiger partial charge is 0.524 e. The van der Waals surface area contributed by atoms with E-state index in [1.54, 1.807) is 6.07 Å². The van der Waals surface area contributed by atoms with Crippen LogP contribution in [0.1, 0.15) is 81.0 Å². The van der Waals surface area contributed by atoms with Crippen molar-refractivity contribution in [3.05, 3.63) is 86.4 Å². The Balaban J connectivity index is 1.30. The molecule has 1 atom stereocenters. The highest BCUT2D eigenvalue weighted by Crippen LogP contribution is 2.51. The van der Waals surface area contributed by atoms with Gasteiger partial charge in [-0.1, -0.05) is 43.1 Å². The summed E-state index contributed by atoms with van der Waals surface area (Å²) in [5, 5.41) is 5.95. The minimum atomic E-state index is -5.16. The molecule has 3 fully saturated rings. The highest BCUT2D eigenvalue weighted by molar-refractivity contribution is 7.47. The van der Waals surface area contributed by atoms with Crippen LogP contribution >= 0.6 is 38.8 Å². The first kappa shape index (κ1) is 48.2. The fourth-order valence-corrected chi connectivity index (χ4v) is 9.26. The summed E-state index contributed by atoms with van der Waals surface area (Å²) in [5.74, 6) is -3.58. The fourth-order valence-electron chi connectivity index (χ4n) is 8.10. The normalized spacial score (nSPS) is 20.2. The molecule has 3 aromatic carbocycles. The number of carbonyl (C=O) groups excluding carboxylic acids is 3. The fraction of sp³-hybridized carbons (Fsp3) is 0.462. The zero-order valence-corrected chi connectivity index (χ0v) is 36.8. The van der Waals surface area contributed by atoms with Crippen molar-refractivity contribution >= 4 is 56.6 Å². The number of ether oxygens (including phenoxy) is 3. The van der Waals surface area contributed by atoms with E-state index in [0.29, 0.717) is 31.2 Å². The van der Waals surface area contributed by atoms with Crippen molar-refractivity contribution in [2.75, 3.05) is 13.4 Å². The average Bonchev–Trinajstić information content (AvgIpc) is 3.13. The van der Waals surface area contributed by atoms with Crippen molar-refractivity contribution in [3.8, 4) is 17.2 Å². The summed E-state index contributed by atoms with van der Waals surface area (Å²) in [6, 6.07) is 9.16. The second-order valence-corrected chi connectivity index (χ2v) is 19.0. The summed E-state index contributed by atoms with van der Waals surface area (Å²) >= 11 is 11.5. The number of carbonyl (C=O) groups is 3. The number of hydrogen-bond donors (Lipinski definition) is 6. The Morgan fingerprint density at radius 1 is 0.869 bits per heavy atom. The number of esters is 1. The van der Waals surface area contributed by atoms with E-state index in [1.165, 1.54) is 52.0 Å². The number of phosphoric acid groups is 2. The third kappa shape index (κ3) is 12.6. The Morgan fingerprint density at radius 3 is 2.10 bits per heavy atom. The molecule has 3 aliphatic carbocycles. The Morgan fingerprint density at radius 2 is 1.49 bits per heavy atom. The zero-order valence-electron chi connectivity index (χ0n) is 33.5. The van der Waals surface area contributed by atoms with Crippen LogP contribution in [0, 0.1) is 25.5 Å². The van der Waals surface area contributed by atoms with E-state index in [0.717, 1.165) is 12.1 Å². The van der Waals surface area contributed by atoms with Crippen molar-refractivity contribution in [3.63, 3.8) is 0 Å². The second kappa shape index (κ2) is 18.9. The van der Waals surface area contributed by atoms with Gasteiger partial charge in [-0.25, -0.2) is 17.9 Å². The molecule has 3 saturated carbocycles. The molecule has 0 unspecified atom stereocenters. The minimum Gasteiger partial charge on any atom is -0.484 e. The summed E-state index contributed by atoms with van der Waals surface area (Å²) in [7, 11) is -10.3. The van der Waals surface area contributed by atoms with Gasteiger partial charge in [0, 0.05) is 29.0 Å². The minimum absolute atomic E-state index is 0.00167. The van der Waals surface area contributed by atoms with E-state index in [4.69, 9.17) is 46.5 Å². The van der Waals surface area contributed by atoms with E-state index in [9.17, 15) is 51.9 Å². The molecule has 0 aromatic heterocycles. The molecule has 0 radical (unpaired) electrons. The number of halogens is 4. The standard InChI is InChI=1S/C39H46Cl2F2N2O14P2/c1-22-15-30(58-60(49,50)51)35(23(2)36(22)59-61(52,53)54)37(3,4)19-34(48)57-21-56-31-18-38(44-33(47)20-55-25-7-9-27(41)29(43)17-25)11-13-39(31,14-12-38)45-32(46)10-6-24-5-8-26(40)28(42)16-24/h5,7-9,15-17,31H,6,10-14,18-21H2,1-4H3,(H,44,47)(H,45,46)(H2,49,50,51)(H2,52,53,54)/t31-,38?,39?/m0/s1. The Bertz CT molecular complexity index is 2260. The van der Waals surface area contributed by atoms with Crippen molar-refractivity contribution in [2.24, 2.45) is 0 Å². The molecule has 16 nitrogen and oxygen atoms in total. The highest BCUT2D eigenvalue weighted by Gasteiger charge is 2.56. The molecule has 2 bridgehead atoms. The highest BCUT2D eigenvalue weighted by atomic mass is 35.5. The predicted molar refractivity (Wildman–Crippen MR) is 216 cm³/mol. The van der Waals surface area contributed by atoms with Crippen LogP contribution in [0.25, 0.3) is 0 Å². The van der Waals surface area contributed by atoms with Gasteiger partial charge in [0.15, 0.2) is 13.4 Å². The molecule has 2 amide bonds. The number of rotatable bonds is 18. The van der Waals surface area contributed by atoms with Gasteiger partial charge in [-0.15, -0.1) is 0 Å². The van der Waals surface area contributed by atoms with E-state index in [1.807, 2.05) is 0 Å². The van der Waals surface area contributed by atoms with Gasteiger partial charge in [-0.05, 0) is 99.4 Å². The first-order valence-electron chi connectivity index (χ1n) is 18.9. The Kier molecular flexibility index (Phi) is 14.9. The number of nitrogens with one attached hydrogen (secondary N) is 2. The maximum atomic E-state index is 14.1. The summed E-state index contributed by atoms with van der Waals surface area (Å²) < 4.78 is 78.7. The number of fused-ring (bicyclic) bond motifs is 3. The van der Waals surface area contributed by atoms with Crippen LogP contribution in [-0.4, -0.2) is 67.9 Å². The van der Waals surface area contributed by atoms with Crippen LogP contribution in [0.2, 0.25) is 10.0 Å². The smallest absolute Gasteiger partial charge is 0.484 e. The van der Waals surface area contributed by atoms with Gasteiger partial charge in [0.05, 0.1) is 28.1 Å². The summed E-state index contributed by atoms with van der Waals surface area (Å²) in [6.45, 7) is 4.74. The Hall–Kier alpha value is -3.83. The quantitative estimate of drug-likeness (QED) is 0.0438. The van der Waals surface area contributed by atoms with Crippen LogP contribution in [0.4, 0.5) is 8.78 Å². The molecule has 0 saturated heterocycles. The van der Waals surface area contributed by atoms with E-state index >= 15 is 0 Å². The molecule has 3 aliphatic rings. The molecule has 3 aromatic rings. The molecule has 0 spiro atoms. The number of hydrogen-bond acceptors (Lipinski definition) is 10. The van der Waals surface area contributed by atoms with Gasteiger partial charge < -0.3 is 33.9 Å². The zero-order chi connectivity index (χ0) is 45.1.